The van der Waals surface area contributed by atoms with Gasteiger partial charge in [-0.3, -0.25) is 0 Å². The van der Waals surface area contributed by atoms with Gasteiger partial charge in [-0.15, -0.1) is 0 Å². The number of fused-ring (bicyclic) bond motifs is 1. The van der Waals surface area contributed by atoms with Crippen molar-refractivity contribution >= 4 is 0 Å². The van der Waals surface area contributed by atoms with E-state index in [1.165, 1.54) is 6.07 Å². The number of nitrogens with two attached hydrogens (primary N) is 1. The molecule has 2 N–H and O–H groups in total. The highest BCUT2D eigenvalue weighted by Crippen LogP contribution is 2.36. The number of benzene rings is 1. The summed E-state index contributed by atoms with van der Waals surface area (Å²) in [7, 11) is 0. The molecule has 0 saturated carbocycles. The molecule has 0 fully saturated rings. The molecule has 0 aliphatic heterocycles. The Hall–Kier alpha value is -0.890. The number of hydrogen-bond acceptors (Lipinski definition) is 1. The van der Waals surface area contributed by atoms with Crippen LogP contribution in [0.5, 0.6) is 0 Å². The molecule has 0 aromatic heterocycles. The van der Waals surface area contributed by atoms with Crippen molar-refractivity contribution in [3.8, 4) is 0 Å². The minimum absolute atomic E-state index is 0.0538. The quantitative estimate of drug-likeness (QED) is 0.702. The highest BCUT2D eigenvalue weighted by molar-refractivity contribution is 5.37. The van der Waals surface area contributed by atoms with E-state index in [1.807, 2.05) is 13.0 Å². The molecule has 0 amide bonds. The predicted molar refractivity (Wildman–Crippen MR) is 51.1 cm³/mol. The van der Waals surface area contributed by atoms with Crippen LogP contribution in [0.25, 0.3) is 0 Å². The maximum atomic E-state index is 13.4. The minimum atomic E-state index is -0.0858. The summed E-state index contributed by atoms with van der Waals surface area (Å²) in [5, 5.41) is 0. The molecular formula is C11H14FN. The average molecular weight is 179 g/mol. The molecule has 1 nitrogen and oxygen atoms in total. The van der Waals surface area contributed by atoms with Gasteiger partial charge in [0, 0.05) is 12.0 Å². The molecule has 2 atom stereocenters. The number of hydrogen-bond donors (Lipinski definition) is 1. The van der Waals surface area contributed by atoms with Crippen molar-refractivity contribution in [2.24, 2.45) is 5.73 Å². The molecule has 1 aliphatic rings. The zero-order chi connectivity index (χ0) is 9.42. The summed E-state index contributed by atoms with van der Waals surface area (Å²) >= 11 is 0. The monoisotopic (exact) mass is 179 g/mol. The van der Waals surface area contributed by atoms with Gasteiger partial charge in [-0.2, -0.15) is 0 Å². The van der Waals surface area contributed by atoms with Gasteiger partial charge >= 0.3 is 0 Å². The first kappa shape index (κ1) is 8.70. The van der Waals surface area contributed by atoms with Crippen LogP contribution in [0.2, 0.25) is 0 Å². The lowest BCUT2D eigenvalue weighted by Crippen LogP contribution is -2.23. The van der Waals surface area contributed by atoms with Crippen molar-refractivity contribution < 1.29 is 4.39 Å². The lowest BCUT2D eigenvalue weighted by Gasteiger charge is -2.15. The lowest BCUT2D eigenvalue weighted by atomic mass is 9.94. The fourth-order valence-electron chi connectivity index (χ4n) is 2.20. The molecule has 0 spiro atoms. The average Bonchev–Trinajstić information content (AvgIpc) is 2.49. The van der Waals surface area contributed by atoms with Crippen LogP contribution in [-0.2, 0) is 6.42 Å². The fourth-order valence-corrected chi connectivity index (χ4v) is 2.20. The smallest absolute Gasteiger partial charge is 0.127 e. The van der Waals surface area contributed by atoms with Gasteiger partial charge in [-0.25, -0.2) is 4.39 Å². The van der Waals surface area contributed by atoms with E-state index in [-0.39, 0.29) is 17.8 Å². The van der Waals surface area contributed by atoms with Crippen molar-refractivity contribution in [2.75, 3.05) is 0 Å². The molecule has 0 saturated heterocycles. The van der Waals surface area contributed by atoms with E-state index in [9.17, 15) is 4.39 Å². The van der Waals surface area contributed by atoms with Crippen LogP contribution >= 0.6 is 0 Å². The van der Waals surface area contributed by atoms with Crippen LogP contribution in [0.1, 0.15) is 30.4 Å². The summed E-state index contributed by atoms with van der Waals surface area (Å²) in [5.41, 5.74) is 7.81. The van der Waals surface area contributed by atoms with E-state index in [0.29, 0.717) is 0 Å². The highest BCUT2D eigenvalue weighted by atomic mass is 19.1. The van der Waals surface area contributed by atoms with Gasteiger partial charge in [0.1, 0.15) is 5.82 Å². The molecule has 0 bridgehead atoms. The lowest BCUT2D eigenvalue weighted by molar-refractivity contribution is 0.528. The van der Waals surface area contributed by atoms with Crippen LogP contribution in [0.3, 0.4) is 0 Å². The fraction of sp³-hybridized carbons (Fsp3) is 0.455. The minimum Gasteiger partial charge on any atom is -0.327 e. The maximum absolute atomic E-state index is 13.4. The van der Waals surface area contributed by atoms with Gasteiger partial charge in [0.15, 0.2) is 0 Å². The summed E-state index contributed by atoms with van der Waals surface area (Å²) < 4.78 is 13.4. The van der Waals surface area contributed by atoms with E-state index >= 15 is 0 Å². The van der Waals surface area contributed by atoms with E-state index < -0.39 is 0 Å². The summed E-state index contributed by atoms with van der Waals surface area (Å²) in [6.45, 7) is 1.95. The first-order valence-electron chi connectivity index (χ1n) is 4.73. The van der Waals surface area contributed by atoms with Gasteiger partial charge < -0.3 is 5.73 Å². The molecule has 1 aromatic rings. The van der Waals surface area contributed by atoms with Crippen molar-refractivity contribution in [3.05, 3.63) is 35.1 Å². The van der Waals surface area contributed by atoms with E-state index in [2.05, 4.69) is 0 Å². The van der Waals surface area contributed by atoms with Crippen LogP contribution < -0.4 is 5.73 Å². The Morgan fingerprint density at radius 3 is 3.00 bits per heavy atom. The third-order valence-corrected chi connectivity index (χ3v) is 2.87. The standard InChI is InChI=1S/C11H14FN/c1-7(13)9-6-5-8-3-2-4-10(12)11(8)9/h2-4,7,9H,5-6,13H2,1H3. The van der Waals surface area contributed by atoms with Crippen LogP contribution in [0.4, 0.5) is 4.39 Å². The number of halogens is 1. The summed E-state index contributed by atoms with van der Waals surface area (Å²) in [6.07, 6.45) is 1.97. The van der Waals surface area contributed by atoms with E-state index in [4.69, 9.17) is 5.73 Å². The number of aryl methyl sites for hydroxylation is 1. The molecule has 13 heavy (non-hydrogen) atoms. The Balaban J connectivity index is 2.46. The van der Waals surface area contributed by atoms with Gasteiger partial charge in [0.2, 0.25) is 0 Å². The second kappa shape index (κ2) is 3.11. The molecule has 2 heteroatoms. The molecular weight excluding hydrogens is 165 g/mol. The Kier molecular flexibility index (Phi) is 2.08. The van der Waals surface area contributed by atoms with Crippen molar-refractivity contribution in [3.63, 3.8) is 0 Å². The zero-order valence-corrected chi connectivity index (χ0v) is 7.76. The summed E-state index contributed by atoms with van der Waals surface area (Å²) in [4.78, 5) is 0. The third-order valence-electron chi connectivity index (χ3n) is 2.87. The van der Waals surface area contributed by atoms with Gasteiger partial charge in [0.25, 0.3) is 0 Å². The Bertz CT molecular complexity index is 320. The zero-order valence-electron chi connectivity index (χ0n) is 7.76. The summed E-state index contributed by atoms with van der Waals surface area (Å²) in [5.74, 6) is 0.133. The van der Waals surface area contributed by atoms with Crippen molar-refractivity contribution in [1.82, 2.24) is 0 Å². The van der Waals surface area contributed by atoms with Gasteiger partial charge in [0.05, 0.1) is 0 Å². The van der Waals surface area contributed by atoms with Crippen molar-refractivity contribution in [1.29, 1.82) is 0 Å². The molecule has 0 radical (unpaired) electrons. The largest absolute Gasteiger partial charge is 0.327 e. The number of rotatable bonds is 1. The molecule has 70 valence electrons. The van der Waals surface area contributed by atoms with Gasteiger partial charge in [-0.05, 0) is 37.0 Å². The molecule has 1 aliphatic carbocycles. The SMILES string of the molecule is CC(N)C1CCc2cccc(F)c21. The second-order valence-electron chi connectivity index (χ2n) is 3.82. The Morgan fingerprint density at radius 1 is 1.54 bits per heavy atom. The molecule has 0 heterocycles. The Morgan fingerprint density at radius 2 is 2.31 bits per heavy atom. The molecule has 2 rings (SSSR count). The first-order chi connectivity index (χ1) is 6.20. The van der Waals surface area contributed by atoms with Crippen LogP contribution in [0, 0.1) is 5.82 Å². The molecule has 2 unspecified atom stereocenters. The van der Waals surface area contributed by atoms with Crippen molar-refractivity contribution in [2.45, 2.75) is 31.7 Å². The van der Waals surface area contributed by atoms with E-state index in [1.54, 1.807) is 6.07 Å². The van der Waals surface area contributed by atoms with Crippen LogP contribution in [0.15, 0.2) is 18.2 Å². The normalized spacial score (nSPS) is 22.8. The topological polar surface area (TPSA) is 26.0 Å². The second-order valence-corrected chi connectivity index (χ2v) is 3.82. The third kappa shape index (κ3) is 1.35. The van der Waals surface area contributed by atoms with E-state index in [0.717, 1.165) is 24.0 Å². The van der Waals surface area contributed by atoms with Crippen LogP contribution in [-0.4, -0.2) is 6.04 Å². The first-order valence-corrected chi connectivity index (χ1v) is 4.73. The predicted octanol–water partition coefficient (Wildman–Crippen LogP) is 2.20. The molecule has 1 aromatic carbocycles. The van der Waals surface area contributed by atoms with Gasteiger partial charge in [-0.1, -0.05) is 12.1 Å². The Labute approximate surface area is 77.8 Å². The highest BCUT2D eigenvalue weighted by Gasteiger charge is 2.27. The maximum Gasteiger partial charge on any atom is 0.127 e. The summed E-state index contributed by atoms with van der Waals surface area (Å²) in [6, 6.07) is 5.36.